The molecule has 1 fully saturated rings. The van der Waals surface area contributed by atoms with Gasteiger partial charge >= 0.3 is 0 Å². The number of carbonyl (C=O) groups is 1. The number of halogens is 2. The Hall–Kier alpha value is -1.60. The molecule has 3 nitrogen and oxygen atoms in total. The molecule has 0 bridgehead atoms. The Bertz CT molecular complexity index is 533. The molecule has 0 radical (unpaired) electrons. The summed E-state index contributed by atoms with van der Waals surface area (Å²) < 4.78 is 13.6. The van der Waals surface area contributed by atoms with Gasteiger partial charge in [-0.25, -0.2) is 4.39 Å². The van der Waals surface area contributed by atoms with Crippen LogP contribution in [-0.4, -0.2) is 5.91 Å². The van der Waals surface area contributed by atoms with Crippen molar-refractivity contribution < 1.29 is 9.18 Å². The molecule has 1 saturated carbocycles. The summed E-state index contributed by atoms with van der Waals surface area (Å²) in [5.74, 6) is -1.01. The van der Waals surface area contributed by atoms with Crippen molar-refractivity contribution in [3.8, 4) is 6.07 Å². The van der Waals surface area contributed by atoms with Gasteiger partial charge in [0.15, 0.2) is 0 Å². The number of nitrogens with zero attached hydrogens (tertiary/aromatic N) is 1. The van der Waals surface area contributed by atoms with Gasteiger partial charge in [-0.1, -0.05) is 30.9 Å². The summed E-state index contributed by atoms with van der Waals surface area (Å²) in [7, 11) is 0. The van der Waals surface area contributed by atoms with Crippen LogP contribution in [0, 0.1) is 22.6 Å². The minimum Gasteiger partial charge on any atom is -0.322 e. The molecule has 0 heterocycles. The van der Waals surface area contributed by atoms with Gasteiger partial charge in [0.2, 0.25) is 5.91 Å². The average Bonchev–Trinajstić information content (AvgIpc) is 2.42. The fourth-order valence-corrected chi connectivity index (χ4v) is 2.54. The fraction of sp³-hybridized carbons (Fsp3) is 0.429. The van der Waals surface area contributed by atoms with Gasteiger partial charge in [-0.3, -0.25) is 4.79 Å². The number of nitrogens with one attached hydrogen (secondary N) is 1. The van der Waals surface area contributed by atoms with Crippen molar-refractivity contribution >= 4 is 23.2 Å². The predicted octanol–water partition coefficient (Wildman–Crippen LogP) is 3.89. The molecule has 0 aromatic heterocycles. The topological polar surface area (TPSA) is 52.9 Å². The van der Waals surface area contributed by atoms with E-state index in [-0.39, 0.29) is 10.7 Å². The summed E-state index contributed by atoms with van der Waals surface area (Å²) in [6, 6.07) is 6.15. The SMILES string of the molecule is N#CC1(C(=O)Nc2ccc(Cl)cc2F)CCCCC1. The van der Waals surface area contributed by atoms with Gasteiger partial charge in [0, 0.05) is 5.02 Å². The van der Waals surface area contributed by atoms with E-state index in [9.17, 15) is 14.4 Å². The molecular weight excluding hydrogens is 267 g/mol. The highest BCUT2D eigenvalue weighted by atomic mass is 35.5. The number of nitriles is 1. The maximum Gasteiger partial charge on any atom is 0.244 e. The van der Waals surface area contributed by atoms with Crippen molar-refractivity contribution in [2.24, 2.45) is 5.41 Å². The van der Waals surface area contributed by atoms with Crippen molar-refractivity contribution in [1.82, 2.24) is 0 Å². The third-order valence-corrected chi connectivity index (χ3v) is 3.77. The molecule has 100 valence electrons. The summed E-state index contributed by atoms with van der Waals surface area (Å²) in [6.07, 6.45) is 3.80. The summed E-state index contributed by atoms with van der Waals surface area (Å²) in [5.41, 5.74) is -0.959. The predicted molar refractivity (Wildman–Crippen MR) is 71.2 cm³/mol. The molecule has 0 saturated heterocycles. The van der Waals surface area contributed by atoms with Crippen LogP contribution in [0.3, 0.4) is 0 Å². The van der Waals surface area contributed by atoms with E-state index in [2.05, 4.69) is 11.4 Å². The van der Waals surface area contributed by atoms with Crippen LogP contribution in [0.15, 0.2) is 18.2 Å². The van der Waals surface area contributed by atoms with Crippen LogP contribution in [0.5, 0.6) is 0 Å². The van der Waals surface area contributed by atoms with E-state index in [4.69, 9.17) is 11.6 Å². The zero-order chi connectivity index (χ0) is 13.9. The van der Waals surface area contributed by atoms with Gasteiger partial charge in [0.1, 0.15) is 11.2 Å². The zero-order valence-electron chi connectivity index (χ0n) is 10.4. The molecule has 1 aliphatic carbocycles. The Balaban J connectivity index is 2.18. The number of hydrogen-bond donors (Lipinski definition) is 1. The third kappa shape index (κ3) is 2.87. The van der Waals surface area contributed by atoms with Crippen LogP contribution in [0.1, 0.15) is 32.1 Å². The molecule has 19 heavy (non-hydrogen) atoms. The van der Waals surface area contributed by atoms with Crippen molar-refractivity contribution in [2.75, 3.05) is 5.32 Å². The van der Waals surface area contributed by atoms with E-state index in [1.165, 1.54) is 12.1 Å². The lowest BCUT2D eigenvalue weighted by molar-refractivity contribution is -0.124. The maximum atomic E-state index is 13.6. The van der Waals surface area contributed by atoms with E-state index in [0.29, 0.717) is 12.8 Å². The molecule has 1 amide bonds. The molecule has 1 aliphatic rings. The molecule has 1 aromatic carbocycles. The van der Waals surface area contributed by atoms with Crippen molar-refractivity contribution in [1.29, 1.82) is 5.26 Å². The number of carbonyl (C=O) groups excluding carboxylic acids is 1. The van der Waals surface area contributed by atoms with Gasteiger partial charge in [-0.15, -0.1) is 0 Å². The normalized spacial score (nSPS) is 17.5. The number of rotatable bonds is 2. The smallest absolute Gasteiger partial charge is 0.244 e. The van der Waals surface area contributed by atoms with Crippen molar-refractivity contribution in [2.45, 2.75) is 32.1 Å². The molecule has 1 N–H and O–H groups in total. The van der Waals surface area contributed by atoms with Gasteiger partial charge in [0.25, 0.3) is 0 Å². The van der Waals surface area contributed by atoms with Crippen molar-refractivity contribution in [3.05, 3.63) is 29.0 Å². The molecule has 0 aliphatic heterocycles. The Morgan fingerprint density at radius 2 is 2.05 bits per heavy atom. The number of benzene rings is 1. The van der Waals surface area contributed by atoms with Gasteiger partial charge in [-0.05, 0) is 31.0 Å². The molecule has 5 heteroatoms. The highest BCUT2D eigenvalue weighted by molar-refractivity contribution is 6.30. The summed E-state index contributed by atoms with van der Waals surface area (Å²) >= 11 is 5.65. The van der Waals surface area contributed by atoms with Crippen LogP contribution in [0.2, 0.25) is 5.02 Å². The van der Waals surface area contributed by atoms with Gasteiger partial charge < -0.3 is 5.32 Å². The Labute approximate surface area is 116 Å². The molecule has 2 rings (SSSR count). The van der Waals surface area contributed by atoms with Gasteiger partial charge in [0.05, 0.1) is 11.8 Å². The molecule has 0 unspecified atom stereocenters. The largest absolute Gasteiger partial charge is 0.322 e. The van der Waals surface area contributed by atoms with Crippen LogP contribution in [0.25, 0.3) is 0 Å². The highest BCUT2D eigenvalue weighted by Gasteiger charge is 2.40. The second-order valence-corrected chi connectivity index (χ2v) is 5.27. The summed E-state index contributed by atoms with van der Waals surface area (Å²) in [6.45, 7) is 0. The first-order valence-electron chi connectivity index (χ1n) is 6.25. The molecule has 0 spiro atoms. The number of anilines is 1. The Morgan fingerprint density at radius 3 is 2.63 bits per heavy atom. The average molecular weight is 281 g/mol. The first-order chi connectivity index (χ1) is 9.07. The van der Waals surface area contributed by atoms with Crippen LogP contribution in [-0.2, 0) is 4.79 Å². The second-order valence-electron chi connectivity index (χ2n) is 4.83. The lowest BCUT2D eigenvalue weighted by atomic mass is 9.74. The monoisotopic (exact) mass is 280 g/mol. The zero-order valence-corrected chi connectivity index (χ0v) is 11.1. The Kier molecular flexibility index (Phi) is 4.06. The van der Waals surface area contributed by atoms with Crippen LogP contribution in [0.4, 0.5) is 10.1 Å². The molecule has 1 aromatic rings. The van der Waals surface area contributed by atoms with Gasteiger partial charge in [-0.2, -0.15) is 5.26 Å². The quantitative estimate of drug-likeness (QED) is 0.893. The minimum atomic E-state index is -1.02. The molecule has 0 atom stereocenters. The standard InChI is InChI=1S/C14H14ClFN2O/c15-10-4-5-12(11(16)8-10)18-13(19)14(9-17)6-2-1-3-7-14/h4-5,8H,1-3,6-7H2,(H,18,19). The van der Waals surface area contributed by atoms with E-state index >= 15 is 0 Å². The first kappa shape index (κ1) is 13.8. The maximum absolute atomic E-state index is 13.6. The number of hydrogen-bond acceptors (Lipinski definition) is 2. The van der Waals surface area contributed by atoms with E-state index in [0.717, 1.165) is 25.3 Å². The van der Waals surface area contributed by atoms with Crippen LogP contribution >= 0.6 is 11.6 Å². The Morgan fingerprint density at radius 1 is 1.37 bits per heavy atom. The third-order valence-electron chi connectivity index (χ3n) is 3.54. The van der Waals surface area contributed by atoms with E-state index < -0.39 is 17.1 Å². The summed E-state index contributed by atoms with van der Waals surface area (Å²) in [4.78, 5) is 12.2. The van der Waals surface area contributed by atoms with E-state index in [1.807, 2.05) is 0 Å². The van der Waals surface area contributed by atoms with E-state index in [1.54, 1.807) is 0 Å². The summed E-state index contributed by atoms with van der Waals surface area (Å²) in [5, 5.41) is 12.0. The van der Waals surface area contributed by atoms with Crippen LogP contribution < -0.4 is 5.32 Å². The minimum absolute atomic E-state index is 0.0644. The fourth-order valence-electron chi connectivity index (χ4n) is 2.38. The lowest BCUT2D eigenvalue weighted by Gasteiger charge is -2.29. The second kappa shape index (κ2) is 5.58. The highest BCUT2D eigenvalue weighted by Crippen LogP contribution is 2.37. The lowest BCUT2D eigenvalue weighted by Crippen LogP contribution is -2.37. The number of amides is 1. The first-order valence-corrected chi connectivity index (χ1v) is 6.63. The van der Waals surface area contributed by atoms with Crippen molar-refractivity contribution in [3.63, 3.8) is 0 Å². The molecular formula is C14H14ClFN2O.